The number of nitrogens with zero attached hydrogens (tertiary/aromatic N) is 4. The third-order valence-corrected chi connectivity index (χ3v) is 6.13. The SMILES string of the molecule is O=C(NC1CCN(CCn2c(=O)cnc3cccnc32)CC1)OCc1ccc2c(c1)OCCO2. The number of hydrogen-bond donors (Lipinski definition) is 1. The Morgan fingerprint density at radius 1 is 1.09 bits per heavy atom. The number of benzene rings is 1. The zero-order valence-corrected chi connectivity index (χ0v) is 18.8. The van der Waals surface area contributed by atoms with E-state index in [0.717, 1.165) is 38.0 Å². The Morgan fingerprint density at radius 2 is 1.91 bits per heavy atom. The van der Waals surface area contributed by atoms with Crippen molar-refractivity contribution in [1.29, 1.82) is 0 Å². The highest BCUT2D eigenvalue weighted by Gasteiger charge is 2.21. The largest absolute Gasteiger partial charge is 0.486 e. The summed E-state index contributed by atoms with van der Waals surface area (Å²) in [7, 11) is 0. The van der Waals surface area contributed by atoms with E-state index in [2.05, 4.69) is 20.2 Å². The number of rotatable bonds is 6. The van der Waals surface area contributed by atoms with Crippen molar-refractivity contribution < 1.29 is 19.0 Å². The summed E-state index contributed by atoms with van der Waals surface area (Å²) in [6.45, 7) is 4.17. The molecule has 0 atom stereocenters. The van der Waals surface area contributed by atoms with Crippen LogP contribution in [-0.2, 0) is 17.9 Å². The van der Waals surface area contributed by atoms with Crippen LogP contribution in [0.15, 0.2) is 47.5 Å². The first-order valence-electron chi connectivity index (χ1n) is 11.5. The van der Waals surface area contributed by atoms with Crippen LogP contribution in [0, 0.1) is 0 Å². The lowest BCUT2D eigenvalue weighted by atomic mass is 10.1. The summed E-state index contributed by atoms with van der Waals surface area (Å²) in [5, 5.41) is 2.96. The molecule has 2 aliphatic rings. The second-order valence-corrected chi connectivity index (χ2v) is 8.41. The van der Waals surface area contributed by atoms with E-state index in [1.807, 2.05) is 30.3 Å². The van der Waals surface area contributed by atoms with Gasteiger partial charge in [-0.15, -0.1) is 0 Å². The van der Waals surface area contributed by atoms with E-state index < -0.39 is 6.09 Å². The van der Waals surface area contributed by atoms with Crippen LogP contribution in [0.2, 0.25) is 0 Å². The predicted octanol–water partition coefficient (Wildman–Crippen LogP) is 1.95. The van der Waals surface area contributed by atoms with Gasteiger partial charge in [-0.05, 0) is 42.7 Å². The zero-order valence-electron chi connectivity index (χ0n) is 18.8. The van der Waals surface area contributed by atoms with Crippen molar-refractivity contribution in [2.75, 3.05) is 32.8 Å². The average molecular weight is 466 g/mol. The minimum absolute atomic E-state index is 0.0650. The second-order valence-electron chi connectivity index (χ2n) is 8.41. The smallest absolute Gasteiger partial charge is 0.407 e. The molecule has 0 saturated carbocycles. The van der Waals surface area contributed by atoms with Crippen LogP contribution in [0.1, 0.15) is 18.4 Å². The Hall–Kier alpha value is -3.66. The van der Waals surface area contributed by atoms with Gasteiger partial charge in [-0.3, -0.25) is 9.36 Å². The van der Waals surface area contributed by atoms with Gasteiger partial charge in [-0.2, -0.15) is 0 Å². The molecular formula is C24H27N5O5. The number of carbonyl (C=O) groups excluding carboxylic acids is 1. The molecule has 0 unspecified atom stereocenters. The van der Waals surface area contributed by atoms with Crippen molar-refractivity contribution in [2.24, 2.45) is 0 Å². The summed E-state index contributed by atoms with van der Waals surface area (Å²) in [5.41, 5.74) is 2.01. The van der Waals surface area contributed by atoms with E-state index in [0.29, 0.717) is 42.4 Å². The van der Waals surface area contributed by atoms with Crippen molar-refractivity contribution in [3.05, 3.63) is 58.6 Å². The van der Waals surface area contributed by atoms with Crippen LogP contribution in [0.4, 0.5) is 4.79 Å². The van der Waals surface area contributed by atoms with Crippen molar-refractivity contribution in [1.82, 2.24) is 24.8 Å². The first-order chi connectivity index (χ1) is 16.7. The summed E-state index contributed by atoms with van der Waals surface area (Å²) in [6.07, 6.45) is 4.24. The number of hydrogen-bond acceptors (Lipinski definition) is 8. The molecule has 1 fully saturated rings. The molecule has 1 N–H and O–H groups in total. The molecular weight excluding hydrogens is 438 g/mol. The lowest BCUT2D eigenvalue weighted by Gasteiger charge is -2.32. The van der Waals surface area contributed by atoms with E-state index in [4.69, 9.17) is 14.2 Å². The minimum Gasteiger partial charge on any atom is -0.486 e. The maximum absolute atomic E-state index is 12.3. The number of carbonyl (C=O) groups is 1. The van der Waals surface area contributed by atoms with E-state index in [9.17, 15) is 9.59 Å². The van der Waals surface area contributed by atoms with Crippen molar-refractivity contribution >= 4 is 17.3 Å². The van der Waals surface area contributed by atoms with Gasteiger partial charge in [0.15, 0.2) is 17.1 Å². The molecule has 1 amide bonds. The highest BCUT2D eigenvalue weighted by Crippen LogP contribution is 2.30. The fourth-order valence-corrected chi connectivity index (χ4v) is 4.29. The monoisotopic (exact) mass is 465 g/mol. The fourth-order valence-electron chi connectivity index (χ4n) is 4.29. The highest BCUT2D eigenvalue weighted by molar-refractivity contribution is 5.69. The van der Waals surface area contributed by atoms with Crippen LogP contribution in [0.25, 0.3) is 11.2 Å². The lowest BCUT2D eigenvalue weighted by molar-refractivity contribution is 0.125. The van der Waals surface area contributed by atoms with Crippen LogP contribution in [0.3, 0.4) is 0 Å². The molecule has 5 rings (SSSR count). The molecule has 10 nitrogen and oxygen atoms in total. The zero-order chi connectivity index (χ0) is 23.3. The first-order valence-corrected chi connectivity index (χ1v) is 11.5. The fraction of sp³-hybridized carbons (Fsp3) is 0.417. The van der Waals surface area contributed by atoms with Gasteiger partial charge >= 0.3 is 6.09 Å². The highest BCUT2D eigenvalue weighted by atomic mass is 16.6. The minimum atomic E-state index is -0.422. The number of ether oxygens (including phenoxy) is 3. The molecule has 3 aromatic rings. The van der Waals surface area contributed by atoms with Gasteiger partial charge < -0.3 is 24.4 Å². The summed E-state index contributed by atoms with van der Waals surface area (Å²) < 4.78 is 18.1. The normalized spacial score (nSPS) is 16.4. The van der Waals surface area contributed by atoms with Crippen molar-refractivity contribution in [3.8, 4) is 11.5 Å². The molecule has 10 heteroatoms. The molecule has 0 spiro atoms. The Bertz CT molecular complexity index is 1220. The summed E-state index contributed by atoms with van der Waals surface area (Å²) >= 11 is 0. The quantitative estimate of drug-likeness (QED) is 0.589. The van der Waals surface area contributed by atoms with Crippen LogP contribution >= 0.6 is 0 Å². The van der Waals surface area contributed by atoms with E-state index in [1.165, 1.54) is 6.20 Å². The van der Waals surface area contributed by atoms with Crippen LogP contribution < -0.4 is 20.3 Å². The average Bonchev–Trinajstić information content (AvgIpc) is 2.87. The number of piperidine rings is 1. The Kier molecular flexibility index (Phi) is 6.57. The maximum Gasteiger partial charge on any atom is 0.407 e. The van der Waals surface area contributed by atoms with Crippen LogP contribution in [-0.4, -0.2) is 64.4 Å². The second kappa shape index (κ2) is 10.1. The van der Waals surface area contributed by atoms with Gasteiger partial charge in [0.25, 0.3) is 5.56 Å². The van der Waals surface area contributed by atoms with Crippen molar-refractivity contribution in [3.63, 3.8) is 0 Å². The van der Waals surface area contributed by atoms with Crippen LogP contribution in [0.5, 0.6) is 11.5 Å². The van der Waals surface area contributed by atoms with Gasteiger partial charge in [0.05, 0.1) is 6.20 Å². The predicted molar refractivity (Wildman–Crippen MR) is 124 cm³/mol. The summed E-state index contributed by atoms with van der Waals surface area (Å²) in [4.78, 5) is 35.3. The number of fused-ring (bicyclic) bond motifs is 2. The topological polar surface area (TPSA) is 108 Å². The molecule has 2 aromatic heterocycles. The molecule has 1 saturated heterocycles. The number of amides is 1. The van der Waals surface area contributed by atoms with E-state index in [1.54, 1.807) is 10.8 Å². The third kappa shape index (κ3) is 5.12. The Balaban J connectivity index is 1.06. The van der Waals surface area contributed by atoms with Crippen molar-refractivity contribution in [2.45, 2.75) is 32.0 Å². The first kappa shape index (κ1) is 22.1. The molecule has 4 heterocycles. The number of alkyl carbamates (subject to hydrolysis) is 1. The third-order valence-electron chi connectivity index (χ3n) is 6.13. The van der Waals surface area contributed by atoms with Gasteiger partial charge in [0.2, 0.25) is 0 Å². The number of nitrogens with one attached hydrogen (secondary N) is 1. The molecule has 0 bridgehead atoms. The Morgan fingerprint density at radius 3 is 2.76 bits per heavy atom. The molecule has 178 valence electrons. The summed E-state index contributed by atoms with van der Waals surface area (Å²) in [5.74, 6) is 1.39. The van der Waals surface area contributed by atoms with Gasteiger partial charge in [-0.25, -0.2) is 14.8 Å². The Labute approximate surface area is 196 Å². The molecule has 0 aliphatic carbocycles. The number of likely N-dealkylation sites (tertiary alicyclic amines) is 1. The summed E-state index contributed by atoms with van der Waals surface area (Å²) in [6, 6.07) is 9.26. The number of aromatic nitrogens is 3. The van der Waals surface area contributed by atoms with E-state index >= 15 is 0 Å². The standard InChI is InChI=1S/C24H27N5O5/c30-22-15-26-19-2-1-7-25-23(19)29(22)11-10-28-8-5-18(6-9-28)27-24(31)34-16-17-3-4-20-21(14-17)33-13-12-32-20/h1-4,7,14-15,18H,5-6,8-13,16H2,(H,27,31). The van der Waals surface area contributed by atoms with Gasteiger partial charge in [0, 0.05) is 38.4 Å². The molecule has 2 aliphatic heterocycles. The van der Waals surface area contributed by atoms with Gasteiger partial charge in [0.1, 0.15) is 25.3 Å². The lowest BCUT2D eigenvalue weighted by Crippen LogP contribution is -2.45. The maximum atomic E-state index is 12.3. The van der Waals surface area contributed by atoms with Gasteiger partial charge in [-0.1, -0.05) is 6.07 Å². The molecule has 1 aromatic carbocycles. The molecule has 34 heavy (non-hydrogen) atoms. The van der Waals surface area contributed by atoms with E-state index in [-0.39, 0.29) is 18.2 Å². The number of pyridine rings is 1. The molecule has 0 radical (unpaired) electrons.